The number of hydrogen-bond acceptors (Lipinski definition) is 6. The third-order valence-corrected chi connectivity index (χ3v) is 3.20. The third-order valence-electron chi connectivity index (χ3n) is 3.20. The SMILES string of the molecule is COc1ccccc1CCNc1cc(-n2cncn2)ncn1. The van der Waals surface area contributed by atoms with Crippen LogP contribution in [0.15, 0.2) is 49.3 Å². The van der Waals surface area contributed by atoms with Gasteiger partial charge in [-0.1, -0.05) is 18.2 Å². The number of para-hydroxylation sites is 1. The van der Waals surface area contributed by atoms with Gasteiger partial charge in [-0.15, -0.1) is 0 Å². The molecule has 1 N–H and O–H groups in total. The van der Waals surface area contributed by atoms with Crippen LogP contribution in [0.2, 0.25) is 0 Å². The second kappa shape index (κ2) is 6.66. The van der Waals surface area contributed by atoms with Crippen LogP contribution in [0.3, 0.4) is 0 Å². The largest absolute Gasteiger partial charge is 0.496 e. The molecule has 7 heteroatoms. The van der Waals surface area contributed by atoms with Gasteiger partial charge in [-0.05, 0) is 18.1 Å². The van der Waals surface area contributed by atoms with Crippen LogP contribution >= 0.6 is 0 Å². The van der Waals surface area contributed by atoms with Gasteiger partial charge in [0.15, 0.2) is 5.82 Å². The summed E-state index contributed by atoms with van der Waals surface area (Å²) in [5, 5.41) is 7.33. The average molecular weight is 296 g/mol. The van der Waals surface area contributed by atoms with Crippen LogP contribution in [0.4, 0.5) is 5.82 Å². The molecule has 0 amide bonds. The van der Waals surface area contributed by atoms with Crippen molar-refractivity contribution < 1.29 is 4.74 Å². The summed E-state index contributed by atoms with van der Waals surface area (Å²) in [6.07, 6.45) is 5.41. The minimum atomic E-state index is 0.673. The molecular formula is C15H16N6O. The highest BCUT2D eigenvalue weighted by Crippen LogP contribution is 2.17. The van der Waals surface area contributed by atoms with Crippen molar-refractivity contribution in [2.45, 2.75) is 6.42 Å². The van der Waals surface area contributed by atoms with Crippen LogP contribution in [0, 0.1) is 0 Å². The zero-order valence-electron chi connectivity index (χ0n) is 12.2. The van der Waals surface area contributed by atoms with E-state index in [4.69, 9.17) is 4.74 Å². The molecular weight excluding hydrogens is 280 g/mol. The summed E-state index contributed by atoms with van der Waals surface area (Å²) in [6.45, 7) is 0.744. The van der Waals surface area contributed by atoms with Crippen LogP contribution in [-0.4, -0.2) is 38.4 Å². The minimum Gasteiger partial charge on any atom is -0.496 e. The van der Waals surface area contributed by atoms with Gasteiger partial charge in [0, 0.05) is 12.6 Å². The molecule has 0 atom stereocenters. The van der Waals surface area contributed by atoms with Crippen molar-refractivity contribution in [3.8, 4) is 11.6 Å². The fourth-order valence-electron chi connectivity index (χ4n) is 2.13. The van der Waals surface area contributed by atoms with Crippen molar-refractivity contribution in [2.75, 3.05) is 19.0 Å². The Morgan fingerprint density at radius 1 is 1.18 bits per heavy atom. The van der Waals surface area contributed by atoms with E-state index in [1.165, 1.54) is 12.7 Å². The Morgan fingerprint density at radius 2 is 2.09 bits per heavy atom. The van der Waals surface area contributed by atoms with Crippen molar-refractivity contribution in [2.24, 2.45) is 0 Å². The number of rotatable bonds is 6. The van der Waals surface area contributed by atoms with Crippen molar-refractivity contribution in [1.82, 2.24) is 24.7 Å². The van der Waals surface area contributed by atoms with Crippen LogP contribution < -0.4 is 10.1 Å². The third kappa shape index (κ3) is 3.20. The fourth-order valence-corrected chi connectivity index (χ4v) is 2.13. The van der Waals surface area contributed by atoms with Gasteiger partial charge in [0.1, 0.15) is 30.5 Å². The number of methoxy groups -OCH3 is 1. The molecule has 7 nitrogen and oxygen atoms in total. The number of hydrogen-bond donors (Lipinski definition) is 1. The number of benzene rings is 1. The van der Waals surface area contributed by atoms with Crippen molar-refractivity contribution in [3.63, 3.8) is 0 Å². The number of aromatic nitrogens is 5. The Kier molecular flexibility index (Phi) is 4.24. The molecule has 0 saturated carbocycles. The predicted molar refractivity (Wildman–Crippen MR) is 82.1 cm³/mol. The van der Waals surface area contributed by atoms with Crippen LogP contribution in [0.25, 0.3) is 5.82 Å². The molecule has 0 aliphatic rings. The molecule has 0 fully saturated rings. The quantitative estimate of drug-likeness (QED) is 0.746. The summed E-state index contributed by atoms with van der Waals surface area (Å²) in [5.74, 6) is 2.32. The van der Waals surface area contributed by atoms with E-state index in [1.807, 2.05) is 24.3 Å². The monoisotopic (exact) mass is 296 g/mol. The molecule has 2 aromatic heterocycles. The average Bonchev–Trinajstić information content (AvgIpc) is 3.10. The fraction of sp³-hybridized carbons (Fsp3) is 0.200. The molecule has 3 aromatic rings. The van der Waals surface area contributed by atoms with E-state index in [9.17, 15) is 0 Å². The topological polar surface area (TPSA) is 77.8 Å². The Morgan fingerprint density at radius 3 is 2.91 bits per heavy atom. The van der Waals surface area contributed by atoms with E-state index in [0.29, 0.717) is 5.82 Å². The Labute approximate surface area is 128 Å². The van der Waals surface area contributed by atoms with E-state index < -0.39 is 0 Å². The summed E-state index contributed by atoms with van der Waals surface area (Å²) in [6, 6.07) is 9.82. The van der Waals surface area contributed by atoms with Gasteiger partial charge in [0.2, 0.25) is 0 Å². The molecule has 0 unspecified atom stereocenters. The molecule has 0 spiro atoms. The Bertz CT molecular complexity index is 728. The number of nitrogens with one attached hydrogen (secondary N) is 1. The lowest BCUT2D eigenvalue weighted by Gasteiger charge is -2.09. The molecule has 112 valence electrons. The van der Waals surface area contributed by atoms with Crippen LogP contribution in [0.5, 0.6) is 5.75 Å². The summed E-state index contributed by atoms with van der Waals surface area (Å²) in [4.78, 5) is 12.3. The lowest BCUT2D eigenvalue weighted by Crippen LogP contribution is -2.08. The lowest BCUT2D eigenvalue weighted by atomic mass is 10.1. The second-order valence-corrected chi connectivity index (χ2v) is 4.59. The van der Waals surface area contributed by atoms with E-state index in [2.05, 4.69) is 31.4 Å². The molecule has 2 heterocycles. The molecule has 0 aliphatic heterocycles. The molecule has 22 heavy (non-hydrogen) atoms. The van der Waals surface area contributed by atoms with Gasteiger partial charge in [-0.3, -0.25) is 0 Å². The second-order valence-electron chi connectivity index (χ2n) is 4.59. The van der Waals surface area contributed by atoms with Gasteiger partial charge in [-0.2, -0.15) is 5.10 Å². The number of anilines is 1. The summed E-state index contributed by atoms with van der Waals surface area (Å²) in [5.41, 5.74) is 1.16. The molecule has 0 aliphatic carbocycles. The van der Waals surface area contributed by atoms with Crippen molar-refractivity contribution >= 4 is 5.82 Å². The summed E-state index contributed by atoms with van der Waals surface area (Å²) < 4.78 is 6.93. The normalized spacial score (nSPS) is 10.4. The smallest absolute Gasteiger partial charge is 0.160 e. The summed E-state index contributed by atoms with van der Waals surface area (Å²) >= 11 is 0. The molecule has 0 bridgehead atoms. The maximum atomic E-state index is 5.34. The van der Waals surface area contributed by atoms with E-state index in [-0.39, 0.29) is 0 Å². The number of ether oxygens (including phenoxy) is 1. The summed E-state index contributed by atoms with van der Waals surface area (Å²) in [7, 11) is 1.68. The lowest BCUT2D eigenvalue weighted by molar-refractivity contribution is 0.410. The molecule has 0 radical (unpaired) electrons. The first-order valence-electron chi connectivity index (χ1n) is 6.89. The van der Waals surface area contributed by atoms with Crippen LogP contribution in [0.1, 0.15) is 5.56 Å². The maximum Gasteiger partial charge on any atom is 0.160 e. The van der Waals surface area contributed by atoms with Crippen molar-refractivity contribution in [1.29, 1.82) is 0 Å². The van der Waals surface area contributed by atoms with E-state index >= 15 is 0 Å². The van der Waals surface area contributed by atoms with Gasteiger partial charge >= 0.3 is 0 Å². The van der Waals surface area contributed by atoms with E-state index in [1.54, 1.807) is 18.1 Å². The van der Waals surface area contributed by atoms with Gasteiger partial charge in [0.05, 0.1) is 7.11 Å². The molecule has 1 aromatic carbocycles. The highest BCUT2D eigenvalue weighted by atomic mass is 16.5. The maximum absolute atomic E-state index is 5.34. The first-order chi connectivity index (χ1) is 10.9. The molecule has 3 rings (SSSR count). The first kappa shape index (κ1) is 14.0. The Balaban J connectivity index is 1.63. The van der Waals surface area contributed by atoms with E-state index in [0.717, 1.165) is 30.1 Å². The standard InChI is InChI=1S/C15H16N6O/c1-22-13-5-3-2-4-12(13)6-7-17-14-8-15(19-10-18-14)21-11-16-9-20-21/h2-5,8-11H,6-7H2,1H3,(H,17,18,19). The molecule has 0 saturated heterocycles. The van der Waals surface area contributed by atoms with Crippen molar-refractivity contribution in [3.05, 3.63) is 54.9 Å². The predicted octanol–water partition coefficient (Wildman–Crippen LogP) is 1.72. The highest BCUT2D eigenvalue weighted by molar-refractivity contribution is 5.40. The van der Waals surface area contributed by atoms with Crippen LogP contribution in [-0.2, 0) is 6.42 Å². The zero-order chi connectivity index (χ0) is 15.2. The number of nitrogens with zero attached hydrogens (tertiary/aromatic N) is 5. The first-order valence-corrected chi connectivity index (χ1v) is 6.89. The highest BCUT2D eigenvalue weighted by Gasteiger charge is 2.03. The van der Waals surface area contributed by atoms with Gasteiger partial charge in [0.25, 0.3) is 0 Å². The zero-order valence-corrected chi connectivity index (χ0v) is 12.2. The minimum absolute atomic E-state index is 0.673. The van der Waals surface area contributed by atoms with Gasteiger partial charge in [-0.25, -0.2) is 19.6 Å². The van der Waals surface area contributed by atoms with Gasteiger partial charge < -0.3 is 10.1 Å². The Hall–Kier alpha value is -2.96.